The molecule has 1 aromatic heterocycles. The van der Waals surface area contributed by atoms with Gasteiger partial charge in [0.25, 0.3) is 5.91 Å². The number of hydrogen-bond acceptors (Lipinski definition) is 4. The number of aliphatic carboxylic acids is 1. The maximum Gasteiger partial charge on any atom is 0.305 e. The van der Waals surface area contributed by atoms with E-state index >= 15 is 0 Å². The number of amides is 1. The molecule has 1 aliphatic carbocycles. The fraction of sp³-hybridized carbons (Fsp3) is 0.316. The molecule has 2 aromatic rings. The van der Waals surface area contributed by atoms with E-state index in [9.17, 15) is 9.59 Å². The van der Waals surface area contributed by atoms with Crippen LogP contribution in [0.25, 0.3) is 0 Å². The van der Waals surface area contributed by atoms with Gasteiger partial charge in [0.05, 0.1) is 24.6 Å². The van der Waals surface area contributed by atoms with Crippen LogP contribution in [0.15, 0.2) is 42.6 Å². The molecule has 0 saturated heterocycles. The van der Waals surface area contributed by atoms with E-state index in [2.05, 4.69) is 10.3 Å². The highest BCUT2D eigenvalue weighted by Crippen LogP contribution is 2.31. The molecule has 1 saturated carbocycles. The van der Waals surface area contributed by atoms with Crippen LogP contribution in [0, 0.1) is 5.92 Å². The Kier molecular flexibility index (Phi) is 5.73. The van der Waals surface area contributed by atoms with Crippen LogP contribution in [0.5, 0.6) is 5.88 Å². The second-order valence-electron chi connectivity index (χ2n) is 6.30. The molecule has 1 aliphatic rings. The van der Waals surface area contributed by atoms with Gasteiger partial charge in [-0.15, -0.1) is 0 Å². The Labute approximate surface area is 156 Å². The molecule has 1 fully saturated rings. The van der Waals surface area contributed by atoms with Crippen molar-refractivity contribution >= 4 is 23.5 Å². The monoisotopic (exact) mass is 374 g/mol. The lowest BCUT2D eigenvalue weighted by molar-refractivity contribution is -0.137. The third-order valence-electron chi connectivity index (χ3n) is 4.11. The zero-order valence-electron chi connectivity index (χ0n) is 14.0. The minimum Gasteiger partial charge on any atom is -0.481 e. The summed E-state index contributed by atoms with van der Waals surface area (Å²) in [4.78, 5) is 27.7. The normalized spacial score (nSPS) is 14.5. The van der Waals surface area contributed by atoms with Crippen LogP contribution in [-0.4, -0.2) is 28.6 Å². The summed E-state index contributed by atoms with van der Waals surface area (Å²) < 4.78 is 5.55. The molecule has 0 spiro atoms. The van der Waals surface area contributed by atoms with Crippen LogP contribution >= 0.6 is 11.6 Å². The minimum absolute atomic E-state index is 0.223. The average Bonchev–Trinajstić information content (AvgIpc) is 3.45. The number of carbonyl (C=O) groups is 2. The second kappa shape index (κ2) is 8.19. The van der Waals surface area contributed by atoms with Crippen LogP contribution in [0.2, 0.25) is 5.02 Å². The van der Waals surface area contributed by atoms with Gasteiger partial charge < -0.3 is 15.2 Å². The summed E-state index contributed by atoms with van der Waals surface area (Å²) >= 11 is 6.15. The minimum atomic E-state index is -1.00. The lowest BCUT2D eigenvalue weighted by Gasteiger charge is -2.17. The number of halogens is 1. The zero-order valence-corrected chi connectivity index (χ0v) is 14.8. The zero-order chi connectivity index (χ0) is 18.5. The van der Waals surface area contributed by atoms with Gasteiger partial charge in [0.2, 0.25) is 5.88 Å². The van der Waals surface area contributed by atoms with Crippen molar-refractivity contribution in [1.29, 1.82) is 0 Å². The summed E-state index contributed by atoms with van der Waals surface area (Å²) in [5.74, 6) is -0.568. The molecule has 0 aliphatic heterocycles. The maximum absolute atomic E-state index is 12.5. The van der Waals surface area contributed by atoms with Gasteiger partial charge >= 0.3 is 5.97 Å². The highest BCUT2D eigenvalue weighted by molar-refractivity contribution is 6.32. The predicted molar refractivity (Wildman–Crippen MR) is 96.4 cm³/mol. The van der Waals surface area contributed by atoms with Gasteiger partial charge in [0.1, 0.15) is 5.02 Å². The second-order valence-corrected chi connectivity index (χ2v) is 6.71. The molecule has 1 amide bonds. The molecule has 7 heteroatoms. The molecule has 2 N–H and O–H groups in total. The average molecular weight is 375 g/mol. The Hall–Kier alpha value is -2.60. The molecular weight excluding hydrogens is 356 g/mol. The Morgan fingerprint density at radius 2 is 2.04 bits per heavy atom. The molecule has 0 bridgehead atoms. The number of pyridine rings is 1. The third-order valence-corrected chi connectivity index (χ3v) is 4.38. The molecule has 1 unspecified atom stereocenters. The molecule has 3 rings (SSSR count). The molecule has 1 aromatic carbocycles. The van der Waals surface area contributed by atoms with Crippen LogP contribution in [0.4, 0.5) is 0 Å². The van der Waals surface area contributed by atoms with Gasteiger partial charge in [-0.1, -0.05) is 41.9 Å². The van der Waals surface area contributed by atoms with E-state index in [1.807, 2.05) is 6.07 Å². The van der Waals surface area contributed by atoms with E-state index in [-0.39, 0.29) is 17.0 Å². The van der Waals surface area contributed by atoms with E-state index in [0.29, 0.717) is 24.0 Å². The Balaban J connectivity index is 1.70. The number of nitrogens with one attached hydrogen (secondary N) is 1. The quantitative estimate of drug-likeness (QED) is 0.738. The summed E-state index contributed by atoms with van der Waals surface area (Å²) in [7, 11) is 0. The van der Waals surface area contributed by atoms with Gasteiger partial charge in [-0.3, -0.25) is 9.59 Å². The Morgan fingerprint density at radius 3 is 2.65 bits per heavy atom. The van der Waals surface area contributed by atoms with Crippen molar-refractivity contribution in [3.63, 3.8) is 0 Å². The van der Waals surface area contributed by atoms with Gasteiger partial charge in [-0.25, -0.2) is 4.98 Å². The van der Waals surface area contributed by atoms with E-state index in [0.717, 1.165) is 12.8 Å². The lowest BCUT2D eigenvalue weighted by Crippen LogP contribution is -2.30. The van der Waals surface area contributed by atoms with Crippen LogP contribution in [0.1, 0.15) is 41.2 Å². The number of ether oxygens (including phenoxy) is 1. The van der Waals surface area contributed by atoms with Gasteiger partial charge in [0.15, 0.2) is 0 Å². The van der Waals surface area contributed by atoms with E-state index < -0.39 is 17.9 Å². The number of rotatable bonds is 8. The molecule has 6 nitrogen and oxygen atoms in total. The number of aromatic nitrogens is 1. The summed E-state index contributed by atoms with van der Waals surface area (Å²) in [5.41, 5.74) is 0.965. The number of benzene rings is 1. The molecule has 1 heterocycles. The number of carboxylic acid groups (broad SMARTS) is 1. The highest BCUT2D eigenvalue weighted by Gasteiger charge is 2.23. The Bertz CT molecular complexity index is 793. The summed E-state index contributed by atoms with van der Waals surface area (Å²) in [6.07, 6.45) is 3.47. The summed E-state index contributed by atoms with van der Waals surface area (Å²) in [6.45, 7) is 0.576. The van der Waals surface area contributed by atoms with Crippen molar-refractivity contribution in [2.24, 2.45) is 5.92 Å². The smallest absolute Gasteiger partial charge is 0.305 e. The number of carbonyl (C=O) groups excluding carboxylic acids is 1. The van der Waals surface area contributed by atoms with Crippen molar-refractivity contribution in [2.75, 3.05) is 6.61 Å². The fourth-order valence-electron chi connectivity index (χ4n) is 2.49. The summed E-state index contributed by atoms with van der Waals surface area (Å²) in [6, 6.07) is 9.79. The first-order valence-electron chi connectivity index (χ1n) is 8.39. The first kappa shape index (κ1) is 18.2. The first-order chi connectivity index (χ1) is 12.5. The molecule has 1 atom stereocenters. The van der Waals surface area contributed by atoms with Crippen molar-refractivity contribution < 1.29 is 19.4 Å². The lowest BCUT2D eigenvalue weighted by atomic mass is 10.0. The standard InChI is InChI=1S/C19H19ClN2O4/c20-15-8-14(10-21-19(15)26-11-12-6-7-12)18(25)22-16(9-17(23)24)13-4-2-1-3-5-13/h1-5,8,10,12,16H,6-7,9,11H2,(H,22,25)(H,23,24). The predicted octanol–water partition coefficient (Wildman–Crippen LogP) is 3.47. The SMILES string of the molecule is O=C(O)CC(NC(=O)c1cnc(OCC2CC2)c(Cl)c1)c1ccccc1. The third kappa shape index (κ3) is 4.95. The number of carboxylic acids is 1. The molecule has 136 valence electrons. The van der Waals surface area contributed by atoms with Crippen molar-refractivity contribution in [1.82, 2.24) is 10.3 Å². The van der Waals surface area contributed by atoms with E-state index in [4.69, 9.17) is 21.4 Å². The Morgan fingerprint density at radius 1 is 1.31 bits per heavy atom. The largest absolute Gasteiger partial charge is 0.481 e. The molecular formula is C19H19ClN2O4. The van der Waals surface area contributed by atoms with Gasteiger partial charge in [0, 0.05) is 6.20 Å². The first-order valence-corrected chi connectivity index (χ1v) is 8.76. The van der Waals surface area contributed by atoms with Gasteiger partial charge in [-0.05, 0) is 30.4 Å². The van der Waals surface area contributed by atoms with Crippen molar-refractivity contribution in [2.45, 2.75) is 25.3 Å². The van der Waals surface area contributed by atoms with E-state index in [1.54, 1.807) is 24.3 Å². The van der Waals surface area contributed by atoms with Crippen molar-refractivity contribution in [3.05, 3.63) is 58.7 Å². The molecule has 0 radical (unpaired) electrons. The summed E-state index contributed by atoms with van der Waals surface area (Å²) in [5, 5.41) is 12.1. The fourth-order valence-corrected chi connectivity index (χ4v) is 2.71. The maximum atomic E-state index is 12.5. The number of hydrogen-bond donors (Lipinski definition) is 2. The number of nitrogens with zero attached hydrogens (tertiary/aromatic N) is 1. The molecule has 26 heavy (non-hydrogen) atoms. The van der Waals surface area contributed by atoms with Crippen molar-refractivity contribution in [3.8, 4) is 5.88 Å². The van der Waals surface area contributed by atoms with Crippen LogP contribution in [-0.2, 0) is 4.79 Å². The topological polar surface area (TPSA) is 88.5 Å². The van der Waals surface area contributed by atoms with E-state index in [1.165, 1.54) is 12.3 Å². The highest BCUT2D eigenvalue weighted by atomic mass is 35.5. The van der Waals surface area contributed by atoms with Gasteiger partial charge in [-0.2, -0.15) is 0 Å². The van der Waals surface area contributed by atoms with Crippen LogP contribution in [0.3, 0.4) is 0 Å². The van der Waals surface area contributed by atoms with Crippen LogP contribution < -0.4 is 10.1 Å².